The van der Waals surface area contributed by atoms with Crippen molar-refractivity contribution in [3.63, 3.8) is 0 Å². The van der Waals surface area contributed by atoms with E-state index < -0.39 is 6.04 Å². The molecule has 144 valence electrons. The van der Waals surface area contributed by atoms with Crippen molar-refractivity contribution in [2.45, 2.75) is 39.2 Å². The van der Waals surface area contributed by atoms with Crippen LogP contribution in [0.3, 0.4) is 0 Å². The first-order valence-corrected chi connectivity index (χ1v) is 9.36. The van der Waals surface area contributed by atoms with Crippen LogP contribution >= 0.6 is 0 Å². The molecule has 27 heavy (non-hydrogen) atoms. The lowest BCUT2D eigenvalue weighted by Crippen LogP contribution is -2.49. The van der Waals surface area contributed by atoms with Gasteiger partial charge >= 0.3 is 0 Å². The van der Waals surface area contributed by atoms with Gasteiger partial charge < -0.3 is 10.2 Å². The van der Waals surface area contributed by atoms with Gasteiger partial charge in [0.1, 0.15) is 11.9 Å². The number of rotatable bonds is 9. The molecule has 2 aromatic carbocycles. The molecule has 0 saturated heterocycles. The molecular weight excluding hydrogens is 343 g/mol. The summed E-state index contributed by atoms with van der Waals surface area (Å²) in [6, 6.07) is 15.2. The number of benzene rings is 2. The maximum atomic E-state index is 13.1. The second-order valence-electron chi connectivity index (χ2n) is 6.59. The van der Waals surface area contributed by atoms with Crippen LogP contribution < -0.4 is 5.32 Å². The zero-order valence-electron chi connectivity index (χ0n) is 16.0. The van der Waals surface area contributed by atoms with E-state index in [0.717, 1.165) is 17.5 Å². The number of nitrogens with one attached hydrogen (secondary N) is 1. The first-order valence-electron chi connectivity index (χ1n) is 9.36. The van der Waals surface area contributed by atoms with E-state index in [2.05, 4.69) is 5.32 Å². The van der Waals surface area contributed by atoms with Crippen molar-refractivity contribution in [2.24, 2.45) is 0 Å². The minimum atomic E-state index is -0.562. The Morgan fingerprint density at radius 3 is 2.33 bits per heavy atom. The zero-order chi connectivity index (χ0) is 19.6. The SMILES string of the molecule is CCCNC(=O)C(C)N(CCc1ccccc1)C(=O)Cc1ccc(F)cc1. The lowest BCUT2D eigenvalue weighted by atomic mass is 10.1. The van der Waals surface area contributed by atoms with Crippen LogP contribution in [0.25, 0.3) is 0 Å². The number of hydrogen-bond acceptors (Lipinski definition) is 2. The monoisotopic (exact) mass is 370 g/mol. The van der Waals surface area contributed by atoms with Crippen molar-refractivity contribution in [3.8, 4) is 0 Å². The Balaban J connectivity index is 2.10. The molecule has 2 rings (SSSR count). The molecule has 1 unspecified atom stereocenters. The minimum absolute atomic E-state index is 0.139. The molecule has 0 fully saturated rings. The second-order valence-corrected chi connectivity index (χ2v) is 6.59. The number of halogens is 1. The van der Waals surface area contributed by atoms with Gasteiger partial charge in [-0.3, -0.25) is 9.59 Å². The van der Waals surface area contributed by atoms with Crippen LogP contribution in [0.15, 0.2) is 54.6 Å². The Morgan fingerprint density at radius 1 is 1.04 bits per heavy atom. The summed E-state index contributed by atoms with van der Waals surface area (Å²) < 4.78 is 13.1. The van der Waals surface area contributed by atoms with E-state index in [-0.39, 0.29) is 24.1 Å². The first kappa shape index (κ1) is 20.6. The lowest BCUT2D eigenvalue weighted by Gasteiger charge is -2.29. The van der Waals surface area contributed by atoms with Crippen molar-refractivity contribution < 1.29 is 14.0 Å². The van der Waals surface area contributed by atoms with Gasteiger partial charge in [-0.05, 0) is 43.0 Å². The molecule has 0 aliphatic heterocycles. The van der Waals surface area contributed by atoms with Gasteiger partial charge in [0, 0.05) is 13.1 Å². The van der Waals surface area contributed by atoms with E-state index in [4.69, 9.17) is 0 Å². The number of hydrogen-bond donors (Lipinski definition) is 1. The fraction of sp³-hybridized carbons (Fsp3) is 0.364. The van der Waals surface area contributed by atoms with Gasteiger partial charge in [-0.25, -0.2) is 4.39 Å². The van der Waals surface area contributed by atoms with E-state index in [9.17, 15) is 14.0 Å². The van der Waals surface area contributed by atoms with Crippen LogP contribution in [0.5, 0.6) is 0 Å². The van der Waals surface area contributed by atoms with Gasteiger partial charge in [0.2, 0.25) is 11.8 Å². The molecule has 0 aliphatic rings. The van der Waals surface area contributed by atoms with E-state index in [1.165, 1.54) is 12.1 Å². The molecule has 0 aromatic heterocycles. The highest BCUT2D eigenvalue weighted by atomic mass is 19.1. The lowest BCUT2D eigenvalue weighted by molar-refractivity contribution is -0.139. The van der Waals surface area contributed by atoms with Crippen molar-refractivity contribution in [2.75, 3.05) is 13.1 Å². The normalized spacial score (nSPS) is 11.7. The third-order valence-electron chi connectivity index (χ3n) is 4.47. The Hall–Kier alpha value is -2.69. The van der Waals surface area contributed by atoms with Crippen molar-refractivity contribution in [1.29, 1.82) is 0 Å². The number of carbonyl (C=O) groups excluding carboxylic acids is 2. The van der Waals surface area contributed by atoms with Gasteiger partial charge in [-0.15, -0.1) is 0 Å². The average molecular weight is 370 g/mol. The summed E-state index contributed by atoms with van der Waals surface area (Å²) in [4.78, 5) is 26.9. The topological polar surface area (TPSA) is 49.4 Å². The smallest absolute Gasteiger partial charge is 0.242 e. The summed E-state index contributed by atoms with van der Waals surface area (Å²) in [6.07, 6.45) is 1.65. The summed E-state index contributed by atoms with van der Waals surface area (Å²) in [5.41, 5.74) is 1.84. The highest BCUT2D eigenvalue weighted by molar-refractivity contribution is 5.88. The molecule has 0 radical (unpaired) electrons. The van der Waals surface area contributed by atoms with Gasteiger partial charge in [-0.1, -0.05) is 49.4 Å². The van der Waals surface area contributed by atoms with Crippen LogP contribution in [0.2, 0.25) is 0 Å². The van der Waals surface area contributed by atoms with Gasteiger partial charge in [0.05, 0.1) is 6.42 Å². The second kappa shape index (κ2) is 10.5. The predicted molar refractivity (Wildman–Crippen MR) is 105 cm³/mol. The number of nitrogens with zero attached hydrogens (tertiary/aromatic N) is 1. The minimum Gasteiger partial charge on any atom is -0.354 e. The molecule has 0 heterocycles. The van der Waals surface area contributed by atoms with Crippen molar-refractivity contribution >= 4 is 11.8 Å². The third kappa shape index (κ3) is 6.51. The quantitative estimate of drug-likeness (QED) is 0.736. The summed E-state index contributed by atoms with van der Waals surface area (Å²) in [5.74, 6) is -0.631. The zero-order valence-corrected chi connectivity index (χ0v) is 16.0. The van der Waals surface area contributed by atoms with Gasteiger partial charge in [0.25, 0.3) is 0 Å². The molecule has 2 amide bonds. The Labute approximate surface area is 160 Å². The third-order valence-corrected chi connectivity index (χ3v) is 4.47. The summed E-state index contributed by atoms with van der Waals surface area (Å²) in [6.45, 7) is 4.77. The van der Waals surface area contributed by atoms with E-state index in [1.54, 1.807) is 24.0 Å². The highest BCUT2D eigenvalue weighted by Gasteiger charge is 2.25. The van der Waals surface area contributed by atoms with E-state index in [0.29, 0.717) is 19.5 Å². The average Bonchev–Trinajstić information content (AvgIpc) is 2.68. The van der Waals surface area contributed by atoms with E-state index >= 15 is 0 Å². The van der Waals surface area contributed by atoms with Crippen LogP contribution in [0.4, 0.5) is 4.39 Å². The van der Waals surface area contributed by atoms with E-state index in [1.807, 2.05) is 37.3 Å². The molecule has 0 spiro atoms. The maximum absolute atomic E-state index is 13.1. The predicted octanol–water partition coefficient (Wildman–Crippen LogP) is 3.35. The first-order chi connectivity index (χ1) is 13.0. The fourth-order valence-electron chi connectivity index (χ4n) is 2.84. The molecular formula is C22H27FN2O2. The maximum Gasteiger partial charge on any atom is 0.242 e. The Bertz CT molecular complexity index is 732. The molecule has 5 heteroatoms. The molecule has 0 saturated carbocycles. The number of carbonyl (C=O) groups is 2. The van der Waals surface area contributed by atoms with Crippen LogP contribution in [-0.2, 0) is 22.4 Å². The van der Waals surface area contributed by atoms with Crippen molar-refractivity contribution in [3.05, 3.63) is 71.5 Å². The largest absolute Gasteiger partial charge is 0.354 e. The fourth-order valence-corrected chi connectivity index (χ4v) is 2.84. The highest BCUT2D eigenvalue weighted by Crippen LogP contribution is 2.10. The van der Waals surface area contributed by atoms with Crippen LogP contribution in [-0.4, -0.2) is 35.8 Å². The summed E-state index contributed by atoms with van der Waals surface area (Å²) in [5, 5.41) is 2.85. The standard InChI is InChI=1S/C22H27FN2O2/c1-3-14-24-22(27)17(2)25(15-13-18-7-5-4-6-8-18)21(26)16-19-9-11-20(23)12-10-19/h4-12,17H,3,13-16H2,1-2H3,(H,24,27). The molecule has 0 bridgehead atoms. The number of amides is 2. The van der Waals surface area contributed by atoms with Gasteiger partial charge in [-0.2, -0.15) is 0 Å². The molecule has 0 aliphatic carbocycles. The Morgan fingerprint density at radius 2 is 1.70 bits per heavy atom. The molecule has 1 N–H and O–H groups in total. The molecule has 4 nitrogen and oxygen atoms in total. The molecule has 2 aromatic rings. The van der Waals surface area contributed by atoms with Crippen LogP contribution in [0.1, 0.15) is 31.4 Å². The van der Waals surface area contributed by atoms with Crippen molar-refractivity contribution in [1.82, 2.24) is 10.2 Å². The van der Waals surface area contributed by atoms with Crippen LogP contribution in [0, 0.1) is 5.82 Å². The Kier molecular flexibility index (Phi) is 7.99. The summed E-state index contributed by atoms with van der Waals surface area (Å²) in [7, 11) is 0. The molecule has 1 atom stereocenters. The van der Waals surface area contributed by atoms with Gasteiger partial charge in [0.15, 0.2) is 0 Å². The summed E-state index contributed by atoms with van der Waals surface area (Å²) >= 11 is 0.